The van der Waals surface area contributed by atoms with E-state index in [4.69, 9.17) is 20.2 Å². The number of fused-ring (bicyclic) bond motifs is 5. The topological polar surface area (TPSA) is 99.7 Å². The van der Waals surface area contributed by atoms with Gasteiger partial charge in [-0.15, -0.1) is 0 Å². The van der Waals surface area contributed by atoms with Gasteiger partial charge in [-0.3, -0.25) is 9.69 Å². The molecule has 0 bridgehead atoms. The summed E-state index contributed by atoms with van der Waals surface area (Å²) in [4.78, 5) is 32.2. The van der Waals surface area contributed by atoms with E-state index in [0.717, 1.165) is 42.4 Å². The second-order valence-electron chi connectivity index (χ2n) is 9.36. The molecule has 5 heterocycles. The summed E-state index contributed by atoms with van der Waals surface area (Å²) in [7, 11) is 0. The number of nitrogens with two attached hydrogens (primary N) is 1. The summed E-state index contributed by atoms with van der Waals surface area (Å²) in [6.07, 6.45) is 1.86. The van der Waals surface area contributed by atoms with Crippen LogP contribution in [0.25, 0.3) is 22.3 Å². The van der Waals surface area contributed by atoms with Gasteiger partial charge in [0.25, 0.3) is 5.56 Å². The van der Waals surface area contributed by atoms with Crippen LogP contribution >= 0.6 is 0 Å². The Bertz CT molecular complexity index is 1410. The Morgan fingerprint density at radius 3 is 2.71 bits per heavy atom. The normalized spacial score (nSPS) is 18.1. The first-order chi connectivity index (χ1) is 16.4. The average Bonchev–Trinajstić information content (AvgIpc) is 3.06. The molecule has 9 heteroatoms. The quantitative estimate of drug-likeness (QED) is 0.454. The maximum Gasteiger partial charge on any atom is 0.344 e. The number of carbonyl (C=O) groups is 1. The monoisotopic (exact) mass is 464 g/mol. The number of halogens is 1. The maximum atomic E-state index is 14.5. The Hall–Kier alpha value is -3.30. The number of likely N-dealkylation sites (tertiary alicyclic amines) is 1. The molecule has 0 aliphatic carbocycles. The lowest BCUT2D eigenvalue weighted by Gasteiger charge is -2.31. The van der Waals surface area contributed by atoms with Crippen molar-refractivity contribution in [1.82, 2.24) is 14.5 Å². The number of nitrogens with zero attached hydrogens (tertiary/aromatic N) is 3. The lowest BCUT2D eigenvalue weighted by Crippen LogP contribution is -2.39. The second-order valence-corrected chi connectivity index (χ2v) is 9.36. The molecule has 0 radical (unpaired) electrons. The fourth-order valence-electron chi connectivity index (χ4n) is 5.17. The van der Waals surface area contributed by atoms with Crippen LogP contribution in [-0.4, -0.2) is 46.2 Å². The number of carbonyl (C=O) groups excluding carboxylic acids is 1. The number of esters is 1. The molecule has 0 unspecified atom stereocenters. The molecule has 0 atom stereocenters. The highest BCUT2D eigenvalue weighted by Crippen LogP contribution is 2.39. The lowest BCUT2D eigenvalue weighted by atomic mass is 9.97. The Kier molecular flexibility index (Phi) is 4.93. The van der Waals surface area contributed by atoms with Gasteiger partial charge in [0.15, 0.2) is 6.61 Å². The number of cyclic esters (lactones) is 1. The summed E-state index contributed by atoms with van der Waals surface area (Å²) >= 11 is 0. The van der Waals surface area contributed by atoms with Crippen LogP contribution in [0.3, 0.4) is 0 Å². The fourth-order valence-corrected chi connectivity index (χ4v) is 5.17. The van der Waals surface area contributed by atoms with E-state index in [1.807, 2.05) is 6.07 Å². The first kappa shape index (κ1) is 21.2. The number of piperidine rings is 1. The zero-order chi connectivity index (χ0) is 23.6. The number of rotatable bonds is 2. The van der Waals surface area contributed by atoms with Crippen molar-refractivity contribution < 1.29 is 18.7 Å². The minimum atomic E-state index is -0.514. The number of pyridine rings is 2. The molecule has 1 fully saturated rings. The van der Waals surface area contributed by atoms with Gasteiger partial charge >= 0.3 is 5.97 Å². The van der Waals surface area contributed by atoms with Gasteiger partial charge in [-0.05, 0) is 50.0 Å². The molecule has 34 heavy (non-hydrogen) atoms. The fraction of sp³-hybridized carbons (Fsp3) is 0.400. The number of hydrogen-bond donors (Lipinski definition) is 1. The van der Waals surface area contributed by atoms with Crippen LogP contribution in [0.1, 0.15) is 35.1 Å². The zero-order valence-corrected chi connectivity index (χ0v) is 18.9. The van der Waals surface area contributed by atoms with E-state index >= 15 is 0 Å². The van der Waals surface area contributed by atoms with Gasteiger partial charge in [0.2, 0.25) is 0 Å². The van der Waals surface area contributed by atoms with Crippen LogP contribution in [0, 0.1) is 12.7 Å². The van der Waals surface area contributed by atoms with Crippen molar-refractivity contribution in [2.75, 3.05) is 19.7 Å². The second kappa shape index (κ2) is 7.89. The molecule has 176 valence electrons. The van der Waals surface area contributed by atoms with Crippen molar-refractivity contribution >= 4 is 16.9 Å². The summed E-state index contributed by atoms with van der Waals surface area (Å²) < 4.78 is 26.9. The number of aryl methyl sites for hydroxylation is 1. The third kappa shape index (κ3) is 3.38. The highest BCUT2D eigenvalue weighted by Gasteiger charge is 2.31. The molecule has 8 nitrogen and oxygen atoms in total. The van der Waals surface area contributed by atoms with Crippen molar-refractivity contribution in [1.29, 1.82) is 0 Å². The van der Waals surface area contributed by atoms with Crippen molar-refractivity contribution in [2.24, 2.45) is 5.73 Å². The van der Waals surface area contributed by atoms with Gasteiger partial charge in [0, 0.05) is 35.7 Å². The van der Waals surface area contributed by atoms with Crippen molar-refractivity contribution in [2.45, 2.75) is 45.5 Å². The highest BCUT2D eigenvalue weighted by atomic mass is 19.1. The lowest BCUT2D eigenvalue weighted by molar-refractivity contribution is -0.146. The minimum Gasteiger partial charge on any atom is -0.481 e. The molecular weight excluding hydrogens is 439 g/mol. The minimum absolute atomic E-state index is 0.121. The molecule has 0 spiro atoms. The van der Waals surface area contributed by atoms with Crippen molar-refractivity contribution in [3.05, 3.63) is 56.6 Å². The van der Waals surface area contributed by atoms with E-state index in [1.54, 1.807) is 17.6 Å². The highest BCUT2D eigenvalue weighted by molar-refractivity contribution is 5.88. The van der Waals surface area contributed by atoms with Crippen molar-refractivity contribution in [3.63, 3.8) is 0 Å². The number of aromatic nitrogens is 2. The van der Waals surface area contributed by atoms with E-state index < -0.39 is 5.97 Å². The molecule has 3 aliphatic heterocycles. The summed E-state index contributed by atoms with van der Waals surface area (Å²) in [6.45, 7) is 4.19. The maximum absolute atomic E-state index is 14.5. The third-order valence-electron chi connectivity index (χ3n) is 7.14. The van der Waals surface area contributed by atoms with E-state index in [2.05, 4.69) is 4.90 Å². The van der Waals surface area contributed by atoms with Gasteiger partial charge in [-0.2, -0.15) is 0 Å². The molecule has 0 saturated carbocycles. The molecule has 1 aromatic carbocycles. The van der Waals surface area contributed by atoms with Crippen LogP contribution in [0.2, 0.25) is 0 Å². The van der Waals surface area contributed by atoms with Gasteiger partial charge in [0.05, 0.1) is 29.0 Å². The largest absolute Gasteiger partial charge is 0.481 e. The van der Waals surface area contributed by atoms with Crippen LogP contribution < -0.4 is 16.0 Å². The van der Waals surface area contributed by atoms with Gasteiger partial charge in [0.1, 0.15) is 18.2 Å². The van der Waals surface area contributed by atoms with Crippen LogP contribution in [-0.2, 0) is 29.2 Å². The van der Waals surface area contributed by atoms with E-state index in [9.17, 15) is 14.0 Å². The van der Waals surface area contributed by atoms with Gasteiger partial charge < -0.3 is 19.8 Å². The Morgan fingerprint density at radius 1 is 1.12 bits per heavy atom. The van der Waals surface area contributed by atoms with Crippen LogP contribution in [0.15, 0.2) is 23.0 Å². The Balaban J connectivity index is 1.53. The SMILES string of the molecule is Cc1cc2c(CN3CCC(N)CC3)c3c(nc2cc1F)-c1cc2c(c(=O)n1C3)COC(=O)CO2. The van der Waals surface area contributed by atoms with Crippen molar-refractivity contribution in [3.8, 4) is 17.1 Å². The Morgan fingerprint density at radius 2 is 1.91 bits per heavy atom. The summed E-state index contributed by atoms with van der Waals surface area (Å²) in [5.74, 6) is -0.496. The summed E-state index contributed by atoms with van der Waals surface area (Å²) in [6, 6.07) is 5.29. The first-order valence-corrected chi connectivity index (χ1v) is 11.5. The zero-order valence-electron chi connectivity index (χ0n) is 18.9. The van der Waals surface area contributed by atoms with Crippen LogP contribution in [0.4, 0.5) is 4.39 Å². The Labute approximate surface area is 195 Å². The standard InChI is InChI=1S/C25H25FN4O4/c1-13-6-15-16(9-29-4-2-14(27)3-5-29)17-10-30-21(24(17)28-20(15)7-19(13)26)8-22-18(25(30)32)11-34-23(31)12-33-22/h6-8,14H,2-5,9-12,27H2,1H3. The smallest absolute Gasteiger partial charge is 0.344 e. The summed E-state index contributed by atoms with van der Waals surface area (Å²) in [5.41, 5.74) is 10.6. The average molecular weight is 464 g/mol. The molecule has 3 aromatic rings. The molecule has 1 saturated heterocycles. The van der Waals surface area contributed by atoms with E-state index in [-0.39, 0.29) is 30.6 Å². The molecule has 2 aromatic heterocycles. The van der Waals surface area contributed by atoms with E-state index in [0.29, 0.717) is 46.9 Å². The molecule has 6 rings (SSSR count). The van der Waals surface area contributed by atoms with E-state index in [1.165, 1.54) is 6.07 Å². The molecule has 0 amide bonds. The third-order valence-corrected chi connectivity index (χ3v) is 7.14. The number of ether oxygens (including phenoxy) is 2. The van der Waals surface area contributed by atoms with Crippen LogP contribution in [0.5, 0.6) is 5.75 Å². The number of benzene rings is 1. The molecular formula is C25H25FN4O4. The molecule has 2 N–H and O–H groups in total. The number of hydrogen-bond acceptors (Lipinski definition) is 7. The first-order valence-electron chi connectivity index (χ1n) is 11.5. The van der Waals surface area contributed by atoms with Gasteiger partial charge in [-0.1, -0.05) is 0 Å². The van der Waals surface area contributed by atoms with Gasteiger partial charge in [-0.25, -0.2) is 14.2 Å². The summed E-state index contributed by atoms with van der Waals surface area (Å²) in [5, 5.41) is 0.903. The predicted molar refractivity (Wildman–Crippen MR) is 123 cm³/mol. The predicted octanol–water partition coefficient (Wildman–Crippen LogP) is 2.23. The molecule has 3 aliphatic rings.